The number of nitrogens with two attached hydrogens (primary N) is 1. The Labute approximate surface area is 128 Å². The number of carbonyl (C=O) groups is 1. The molecule has 0 atom stereocenters. The number of ketones is 1. The molecule has 0 spiro atoms. The van der Waals surface area contributed by atoms with E-state index in [0.717, 1.165) is 5.56 Å². The zero-order chi connectivity index (χ0) is 15.6. The van der Waals surface area contributed by atoms with Gasteiger partial charge in [0.05, 0.1) is 0 Å². The summed E-state index contributed by atoms with van der Waals surface area (Å²) in [5, 5.41) is 0.321. The van der Waals surface area contributed by atoms with Gasteiger partial charge in [-0.3, -0.25) is 4.79 Å². The van der Waals surface area contributed by atoms with Crippen molar-refractivity contribution < 1.29 is 9.18 Å². The fourth-order valence-corrected chi connectivity index (χ4v) is 2.28. The van der Waals surface area contributed by atoms with Crippen molar-refractivity contribution >= 4 is 23.1 Å². The Bertz CT molecular complexity index is 665. The first-order chi connectivity index (χ1) is 9.80. The lowest BCUT2D eigenvalue weighted by Crippen LogP contribution is -2.30. The lowest BCUT2D eigenvalue weighted by molar-refractivity contribution is -0.122. The minimum absolute atomic E-state index is 0.0282. The monoisotopic (exact) mass is 305 g/mol. The molecule has 0 aromatic heterocycles. The quantitative estimate of drug-likeness (QED) is 0.862. The van der Waals surface area contributed by atoms with Gasteiger partial charge >= 0.3 is 0 Å². The summed E-state index contributed by atoms with van der Waals surface area (Å²) in [6.07, 6.45) is 0.0282. The Morgan fingerprint density at radius 3 is 2.38 bits per heavy atom. The van der Waals surface area contributed by atoms with Crippen molar-refractivity contribution in [3.05, 3.63) is 64.4 Å². The van der Waals surface area contributed by atoms with Crippen LogP contribution in [0.3, 0.4) is 0 Å². The molecule has 4 heteroatoms. The molecule has 0 radical (unpaired) electrons. The highest BCUT2D eigenvalue weighted by Crippen LogP contribution is 2.27. The van der Waals surface area contributed by atoms with Crippen LogP contribution in [0.2, 0.25) is 5.02 Å². The number of carbonyl (C=O) groups excluding carboxylic acids is 1. The molecule has 2 N–H and O–H groups in total. The maximum Gasteiger partial charge on any atom is 0.147 e. The van der Waals surface area contributed by atoms with Gasteiger partial charge in [-0.2, -0.15) is 0 Å². The smallest absolute Gasteiger partial charge is 0.147 e. The average Bonchev–Trinajstić information content (AvgIpc) is 2.42. The van der Waals surface area contributed by atoms with Crippen LogP contribution in [0.25, 0.3) is 0 Å². The van der Waals surface area contributed by atoms with Crippen molar-refractivity contribution in [3.63, 3.8) is 0 Å². The van der Waals surface area contributed by atoms with Crippen LogP contribution in [-0.2, 0) is 16.6 Å². The van der Waals surface area contributed by atoms with E-state index in [1.165, 1.54) is 6.07 Å². The van der Waals surface area contributed by atoms with Gasteiger partial charge < -0.3 is 5.73 Å². The topological polar surface area (TPSA) is 43.1 Å². The molecule has 2 rings (SSSR count). The Kier molecular flexibility index (Phi) is 4.33. The molecule has 0 aliphatic heterocycles. The number of hydrogen-bond donors (Lipinski definition) is 1. The molecule has 0 fully saturated rings. The zero-order valence-electron chi connectivity index (χ0n) is 12.0. The molecule has 0 saturated carbocycles. The summed E-state index contributed by atoms with van der Waals surface area (Å²) < 4.78 is 13.8. The standard InChI is InChI=1S/C17H17ClFNO/c1-17(2,12-4-7-14(20)8-5-12)16(21)9-11-3-6-13(18)10-15(11)19/h3-8,10H,9,20H2,1-2H3. The normalized spacial score (nSPS) is 11.4. The second-order valence-corrected chi connectivity index (χ2v) is 6.02. The maximum absolute atomic E-state index is 13.8. The van der Waals surface area contributed by atoms with E-state index in [4.69, 9.17) is 17.3 Å². The predicted molar refractivity (Wildman–Crippen MR) is 84.0 cm³/mol. The van der Waals surface area contributed by atoms with Crippen LogP contribution in [0, 0.1) is 5.82 Å². The van der Waals surface area contributed by atoms with Crippen LogP contribution in [0.5, 0.6) is 0 Å². The van der Waals surface area contributed by atoms with Crippen molar-refractivity contribution in [2.24, 2.45) is 0 Å². The third-order valence-electron chi connectivity index (χ3n) is 3.70. The van der Waals surface area contributed by atoms with E-state index in [1.807, 2.05) is 26.0 Å². The number of halogens is 2. The number of rotatable bonds is 4. The SMILES string of the molecule is CC(C)(C(=O)Cc1ccc(Cl)cc1F)c1ccc(N)cc1. The van der Waals surface area contributed by atoms with Gasteiger partial charge in [-0.15, -0.1) is 0 Å². The lowest BCUT2D eigenvalue weighted by Gasteiger charge is -2.24. The number of hydrogen-bond acceptors (Lipinski definition) is 2. The molecule has 0 heterocycles. The lowest BCUT2D eigenvalue weighted by atomic mass is 9.78. The Balaban J connectivity index is 2.24. The molecule has 0 saturated heterocycles. The van der Waals surface area contributed by atoms with Crippen molar-refractivity contribution in [2.75, 3.05) is 5.73 Å². The first-order valence-electron chi connectivity index (χ1n) is 6.64. The van der Waals surface area contributed by atoms with Crippen LogP contribution >= 0.6 is 11.6 Å². The molecule has 0 amide bonds. The summed E-state index contributed by atoms with van der Waals surface area (Å²) in [4.78, 5) is 12.5. The van der Waals surface area contributed by atoms with E-state index in [0.29, 0.717) is 16.3 Å². The second-order valence-electron chi connectivity index (χ2n) is 5.58. The number of Topliss-reactive ketones (excluding diaryl/α,β-unsaturated/α-hetero) is 1. The first-order valence-corrected chi connectivity index (χ1v) is 7.02. The third kappa shape index (κ3) is 3.42. The minimum Gasteiger partial charge on any atom is -0.399 e. The van der Waals surface area contributed by atoms with E-state index >= 15 is 0 Å². The van der Waals surface area contributed by atoms with Gasteiger partial charge in [0.25, 0.3) is 0 Å². The van der Waals surface area contributed by atoms with E-state index < -0.39 is 11.2 Å². The van der Waals surface area contributed by atoms with E-state index in [1.54, 1.807) is 24.3 Å². The number of anilines is 1. The highest BCUT2D eigenvalue weighted by molar-refractivity contribution is 6.30. The summed E-state index contributed by atoms with van der Waals surface area (Å²) in [5.74, 6) is -0.516. The molecule has 0 aliphatic rings. The zero-order valence-corrected chi connectivity index (χ0v) is 12.7. The fourth-order valence-electron chi connectivity index (χ4n) is 2.12. The highest BCUT2D eigenvalue weighted by atomic mass is 35.5. The summed E-state index contributed by atoms with van der Waals surface area (Å²) in [5.41, 5.74) is 6.80. The Morgan fingerprint density at radius 2 is 1.81 bits per heavy atom. The van der Waals surface area contributed by atoms with Crippen LogP contribution < -0.4 is 5.73 Å². The fraction of sp³-hybridized carbons (Fsp3) is 0.235. The average molecular weight is 306 g/mol. The molecule has 21 heavy (non-hydrogen) atoms. The Hall–Kier alpha value is -1.87. The van der Waals surface area contributed by atoms with Crippen LogP contribution in [0.15, 0.2) is 42.5 Å². The van der Waals surface area contributed by atoms with Gasteiger partial charge in [0, 0.05) is 22.5 Å². The minimum atomic E-state index is -0.709. The second kappa shape index (κ2) is 5.86. The van der Waals surface area contributed by atoms with Crippen LogP contribution in [0.1, 0.15) is 25.0 Å². The molecule has 0 unspecified atom stereocenters. The Morgan fingerprint density at radius 1 is 1.19 bits per heavy atom. The number of nitrogen functional groups attached to an aromatic ring is 1. The predicted octanol–water partition coefficient (Wildman–Crippen LogP) is 4.15. The molecule has 2 nitrogen and oxygen atoms in total. The summed E-state index contributed by atoms with van der Waals surface area (Å²) in [6.45, 7) is 3.66. The van der Waals surface area contributed by atoms with Gasteiger partial charge in [0.15, 0.2) is 0 Å². The summed E-state index contributed by atoms with van der Waals surface area (Å²) in [7, 11) is 0. The first kappa shape index (κ1) is 15.5. The third-order valence-corrected chi connectivity index (χ3v) is 3.93. The van der Waals surface area contributed by atoms with Gasteiger partial charge in [-0.25, -0.2) is 4.39 Å². The van der Waals surface area contributed by atoms with E-state index in [-0.39, 0.29) is 12.2 Å². The van der Waals surface area contributed by atoms with Crippen molar-refractivity contribution in [1.82, 2.24) is 0 Å². The van der Waals surface area contributed by atoms with Crippen molar-refractivity contribution in [2.45, 2.75) is 25.7 Å². The number of benzene rings is 2. The van der Waals surface area contributed by atoms with Crippen molar-refractivity contribution in [3.8, 4) is 0 Å². The molecule has 0 aliphatic carbocycles. The highest BCUT2D eigenvalue weighted by Gasteiger charge is 2.29. The maximum atomic E-state index is 13.8. The summed E-state index contributed by atoms with van der Waals surface area (Å²) >= 11 is 5.72. The molecule has 2 aromatic carbocycles. The molecule has 2 aromatic rings. The van der Waals surface area contributed by atoms with Gasteiger partial charge in [0.2, 0.25) is 0 Å². The van der Waals surface area contributed by atoms with Crippen LogP contribution in [-0.4, -0.2) is 5.78 Å². The van der Waals surface area contributed by atoms with Gasteiger partial charge in [0.1, 0.15) is 11.6 Å². The summed E-state index contributed by atoms with van der Waals surface area (Å²) in [6, 6.07) is 11.5. The largest absolute Gasteiger partial charge is 0.399 e. The van der Waals surface area contributed by atoms with Gasteiger partial charge in [-0.1, -0.05) is 29.8 Å². The van der Waals surface area contributed by atoms with E-state index in [9.17, 15) is 9.18 Å². The molecule has 110 valence electrons. The van der Waals surface area contributed by atoms with Crippen molar-refractivity contribution in [1.29, 1.82) is 0 Å². The van der Waals surface area contributed by atoms with E-state index in [2.05, 4.69) is 0 Å². The molecular formula is C17H17ClFNO. The molecular weight excluding hydrogens is 289 g/mol. The van der Waals surface area contributed by atoms with Gasteiger partial charge in [-0.05, 0) is 49.2 Å². The molecule has 0 bridgehead atoms. The van der Waals surface area contributed by atoms with Crippen LogP contribution in [0.4, 0.5) is 10.1 Å².